The lowest BCUT2D eigenvalue weighted by Gasteiger charge is -2.25. The summed E-state index contributed by atoms with van der Waals surface area (Å²) in [7, 11) is 1.24. The van der Waals surface area contributed by atoms with Crippen LogP contribution in [-0.2, 0) is 20.1 Å². The zero-order chi connectivity index (χ0) is 23.4. The summed E-state index contributed by atoms with van der Waals surface area (Å²) >= 11 is 0. The molecule has 0 radical (unpaired) electrons. The van der Waals surface area contributed by atoms with E-state index in [1.807, 2.05) is 4.90 Å². The Bertz CT molecular complexity index is 1140. The quantitative estimate of drug-likeness (QED) is 0.631. The van der Waals surface area contributed by atoms with E-state index in [1.54, 1.807) is 0 Å². The minimum absolute atomic E-state index is 0. The van der Waals surface area contributed by atoms with E-state index in [2.05, 4.69) is 10.3 Å². The largest absolute Gasteiger partial charge is 0.390 e. The Balaban J connectivity index is 0.00000306. The zero-order valence-corrected chi connectivity index (χ0v) is 18.4. The second kappa shape index (κ2) is 8.85. The van der Waals surface area contributed by atoms with Gasteiger partial charge in [0.2, 0.25) is 5.95 Å². The summed E-state index contributed by atoms with van der Waals surface area (Å²) in [5.41, 5.74) is -2.52. The number of aromatic nitrogens is 4. The maximum Gasteiger partial charge on any atom is 0.390 e. The molecule has 2 aromatic heterocycles. The van der Waals surface area contributed by atoms with Gasteiger partial charge in [-0.3, -0.25) is 13.9 Å². The first-order chi connectivity index (χ1) is 14.9. The standard InChI is InChI=1S/C18H22F6N6O2.ClH/c1-27-13-12(14(31)30(16(27)32)7-4-18(22,23)24)29(6-3-17(19,20)21)15(26-13)28-5-2-10-8-25-9-11(10)28;/h10-11,25H,2-9H2,1H3;1H. The lowest BCUT2D eigenvalue weighted by molar-refractivity contribution is -0.137. The molecule has 2 atom stereocenters. The molecular weight excluding hydrogens is 482 g/mol. The van der Waals surface area contributed by atoms with Crippen molar-refractivity contribution < 1.29 is 26.3 Å². The first-order valence-corrected chi connectivity index (χ1v) is 10.2. The summed E-state index contributed by atoms with van der Waals surface area (Å²) in [6.45, 7) is 0.309. The summed E-state index contributed by atoms with van der Waals surface area (Å²) in [6, 6.07) is -0.0269. The summed E-state index contributed by atoms with van der Waals surface area (Å²) in [5, 5.41) is 3.22. The topological polar surface area (TPSA) is 77.1 Å². The van der Waals surface area contributed by atoms with Crippen molar-refractivity contribution in [3.8, 4) is 0 Å². The summed E-state index contributed by atoms with van der Waals surface area (Å²) in [4.78, 5) is 31.8. The van der Waals surface area contributed by atoms with E-state index in [4.69, 9.17) is 0 Å². The third-order valence-electron chi connectivity index (χ3n) is 6.15. The third kappa shape index (κ3) is 4.86. The molecule has 0 bridgehead atoms. The second-order valence-electron chi connectivity index (χ2n) is 8.23. The van der Waals surface area contributed by atoms with Crippen LogP contribution in [0, 0.1) is 5.92 Å². The van der Waals surface area contributed by atoms with E-state index >= 15 is 0 Å². The Morgan fingerprint density at radius 2 is 1.61 bits per heavy atom. The van der Waals surface area contributed by atoms with Crippen molar-refractivity contribution in [2.24, 2.45) is 13.0 Å². The number of nitrogens with zero attached hydrogens (tertiary/aromatic N) is 5. The minimum Gasteiger partial charge on any atom is -0.338 e. The first-order valence-electron chi connectivity index (χ1n) is 10.2. The van der Waals surface area contributed by atoms with Crippen LogP contribution in [0.5, 0.6) is 0 Å². The molecule has 2 unspecified atom stereocenters. The Hall–Kier alpha value is -2.22. The molecule has 4 rings (SSSR count). The van der Waals surface area contributed by atoms with Gasteiger partial charge in [0.15, 0.2) is 11.2 Å². The number of alkyl halides is 6. The van der Waals surface area contributed by atoms with Crippen molar-refractivity contribution in [2.75, 3.05) is 24.5 Å². The van der Waals surface area contributed by atoms with Crippen molar-refractivity contribution in [3.63, 3.8) is 0 Å². The van der Waals surface area contributed by atoms with Crippen LogP contribution >= 0.6 is 12.4 Å². The lowest BCUT2D eigenvalue weighted by atomic mass is 10.1. The highest BCUT2D eigenvalue weighted by molar-refractivity contribution is 5.85. The summed E-state index contributed by atoms with van der Waals surface area (Å²) in [6.07, 6.45) is -11.0. The second-order valence-corrected chi connectivity index (χ2v) is 8.23. The number of nitrogens with one attached hydrogen (secondary N) is 1. The Morgan fingerprint density at radius 1 is 1.00 bits per heavy atom. The molecule has 0 amide bonds. The molecular formula is C18H23ClF6N6O2. The number of aryl methyl sites for hydroxylation is 2. The fourth-order valence-electron chi connectivity index (χ4n) is 4.56. The van der Waals surface area contributed by atoms with Crippen LogP contribution < -0.4 is 21.5 Å². The van der Waals surface area contributed by atoms with E-state index < -0.39 is 49.5 Å². The number of imidazole rings is 1. The van der Waals surface area contributed by atoms with Crippen LogP contribution in [0.25, 0.3) is 11.2 Å². The summed E-state index contributed by atoms with van der Waals surface area (Å²) < 4.78 is 79.6. The van der Waals surface area contributed by atoms with Gasteiger partial charge in [0.25, 0.3) is 5.56 Å². The fourth-order valence-corrected chi connectivity index (χ4v) is 4.56. The molecule has 33 heavy (non-hydrogen) atoms. The van der Waals surface area contributed by atoms with Crippen molar-refractivity contribution in [1.29, 1.82) is 0 Å². The van der Waals surface area contributed by atoms with Crippen LogP contribution in [0.1, 0.15) is 19.3 Å². The molecule has 15 heteroatoms. The van der Waals surface area contributed by atoms with Gasteiger partial charge in [-0.05, 0) is 12.3 Å². The van der Waals surface area contributed by atoms with Crippen LogP contribution in [0.2, 0.25) is 0 Å². The van der Waals surface area contributed by atoms with Gasteiger partial charge in [0.05, 0.1) is 12.8 Å². The Kier molecular flexibility index (Phi) is 6.82. The summed E-state index contributed by atoms with van der Waals surface area (Å²) in [5.74, 6) is 0.402. The molecule has 2 aliphatic rings. The predicted octanol–water partition coefficient (Wildman–Crippen LogP) is 2.02. The van der Waals surface area contributed by atoms with Crippen LogP contribution in [0.3, 0.4) is 0 Å². The van der Waals surface area contributed by atoms with Gasteiger partial charge < -0.3 is 14.8 Å². The van der Waals surface area contributed by atoms with Crippen LogP contribution in [0.15, 0.2) is 9.59 Å². The molecule has 8 nitrogen and oxygen atoms in total. The van der Waals surface area contributed by atoms with Gasteiger partial charge in [0, 0.05) is 45.8 Å². The normalized spacial score (nSPS) is 21.0. The van der Waals surface area contributed by atoms with Gasteiger partial charge >= 0.3 is 18.0 Å². The van der Waals surface area contributed by atoms with E-state index in [1.165, 1.54) is 7.05 Å². The van der Waals surface area contributed by atoms with Crippen molar-refractivity contribution in [2.45, 2.75) is 50.7 Å². The van der Waals surface area contributed by atoms with Crippen molar-refractivity contribution in [1.82, 2.24) is 24.0 Å². The lowest BCUT2D eigenvalue weighted by Crippen LogP contribution is -2.40. The molecule has 0 aromatic carbocycles. The van der Waals surface area contributed by atoms with E-state index in [0.29, 0.717) is 17.7 Å². The van der Waals surface area contributed by atoms with Crippen molar-refractivity contribution >= 4 is 29.5 Å². The molecule has 2 fully saturated rings. The molecule has 0 aliphatic carbocycles. The molecule has 1 N–H and O–H groups in total. The molecule has 2 aliphatic heterocycles. The van der Waals surface area contributed by atoms with Crippen molar-refractivity contribution in [3.05, 3.63) is 20.8 Å². The number of fused-ring (bicyclic) bond motifs is 2. The average Bonchev–Trinajstić information content (AvgIpc) is 3.37. The molecule has 2 aromatic rings. The van der Waals surface area contributed by atoms with Gasteiger partial charge in [-0.2, -0.15) is 31.3 Å². The highest BCUT2D eigenvalue weighted by Crippen LogP contribution is 2.33. The zero-order valence-electron chi connectivity index (χ0n) is 17.5. The average molecular weight is 505 g/mol. The predicted molar refractivity (Wildman–Crippen MR) is 110 cm³/mol. The van der Waals surface area contributed by atoms with Gasteiger partial charge in [-0.15, -0.1) is 12.4 Å². The van der Waals surface area contributed by atoms with Gasteiger partial charge in [0.1, 0.15) is 0 Å². The van der Waals surface area contributed by atoms with Crippen LogP contribution in [-0.4, -0.2) is 56.7 Å². The number of rotatable bonds is 5. The minimum atomic E-state index is -4.61. The van der Waals surface area contributed by atoms with E-state index in [9.17, 15) is 35.9 Å². The van der Waals surface area contributed by atoms with Gasteiger partial charge in [-0.25, -0.2) is 4.79 Å². The molecule has 186 valence electrons. The van der Waals surface area contributed by atoms with Crippen LogP contribution in [0.4, 0.5) is 32.3 Å². The highest BCUT2D eigenvalue weighted by atomic mass is 35.5. The first kappa shape index (κ1) is 25.4. The van der Waals surface area contributed by atoms with E-state index in [0.717, 1.165) is 22.1 Å². The molecule has 2 saturated heterocycles. The molecule has 0 spiro atoms. The Labute approximate surface area is 189 Å². The van der Waals surface area contributed by atoms with Gasteiger partial charge in [-0.1, -0.05) is 0 Å². The van der Waals surface area contributed by atoms with E-state index in [-0.39, 0.29) is 41.5 Å². The molecule has 0 saturated carbocycles. The fraction of sp³-hybridized carbons (Fsp3) is 0.722. The maximum absolute atomic E-state index is 13.0. The monoisotopic (exact) mass is 504 g/mol. The Morgan fingerprint density at radius 3 is 2.21 bits per heavy atom. The SMILES string of the molecule is Cl.Cn1c(=O)n(CCC(F)(F)F)c(=O)c2c1nc(N1CCC3CNCC31)n2CCC(F)(F)F. The number of anilines is 1. The number of halogens is 7. The number of hydrogen-bond donors (Lipinski definition) is 1. The third-order valence-corrected chi connectivity index (χ3v) is 6.15. The smallest absolute Gasteiger partial charge is 0.338 e. The maximum atomic E-state index is 13.0. The highest BCUT2D eigenvalue weighted by Gasteiger charge is 2.40. The number of hydrogen-bond acceptors (Lipinski definition) is 5. The molecule has 4 heterocycles.